The second kappa shape index (κ2) is 5.18. The van der Waals surface area contributed by atoms with Gasteiger partial charge in [0.25, 0.3) is 5.56 Å². The van der Waals surface area contributed by atoms with E-state index in [9.17, 15) is 4.79 Å². The molecular weight excluding hydrogens is 270 g/mol. The third kappa shape index (κ3) is 2.06. The van der Waals surface area contributed by atoms with E-state index >= 15 is 0 Å². The van der Waals surface area contributed by atoms with E-state index in [-0.39, 0.29) is 11.4 Å². The first-order valence-corrected chi connectivity index (χ1v) is 7.00. The second-order valence-corrected chi connectivity index (χ2v) is 4.98. The largest absolute Gasteiger partial charge is 0.340 e. The summed E-state index contributed by atoms with van der Waals surface area (Å²) in [5.74, 6) is 0.841. The van der Waals surface area contributed by atoms with Gasteiger partial charge < -0.3 is 14.8 Å². The summed E-state index contributed by atoms with van der Waals surface area (Å²) in [5.41, 5.74) is 0.588. The number of aryl methyl sites for hydroxylation is 1. The van der Waals surface area contributed by atoms with Gasteiger partial charge in [-0.25, -0.2) is 0 Å². The van der Waals surface area contributed by atoms with Crippen LogP contribution in [0.15, 0.2) is 4.79 Å². The molecule has 2 aromatic heterocycles. The van der Waals surface area contributed by atoms with Gasteiger partial charge in [-0.3, -0.25) is 9.36 Å². The van der Waals surface area contributed by atoms with E-state index in [1.807, 2.05) is 17.6 Å². The van der Waals surface area contributed by atoms with Crippen molar-refractivity contribution < 1.29 is 0 Å². The minimum atomic E-state index is -0.229. The topological polar surface area (TPSA) is 91.8 Å². The summed E-state index contributed by atoms with van der Waals surface area (Å²) in [4.78, 5) is 23.3. The molecule has 8 heteroatoms. The first-order chi connectivity index (χ1) is 10.2. The van der Waals surface area contributed by atoms with Crippen molar-refractivity contribution >= 4 is 17.1 Å². The summed E-state index contributed by atoms with van der Waals surface area (Å²) in [6.45, 7) is 6.08. The monoisotopic (exact) mass is 287 g/mol. The van der Waals surface area contributed by atoms with Gasteiger partial charge in [-0.1, -0.05) is 0 Å². The predicted molar refractivity (Wildman–Crippen MR) is 78.2 cm³/mol. The summed E-state index contributed by atoms with van der Waals surface area (Å²) in [6.07, 6.45) is 0. The first kappa shape index (κ1) is 13.6. The molecule has 1 N–H and O–H groups in total. The Morgan fingerprint density at radius 1 is 1.33 bits per heavy atom. The van der Waals surface area contributed by atoms with Crippen molar-refractivity contribution in [1.29, 1.82) is 5.26 Å². The van der Waals surface area contributed by atoms with Gasteiger partial charge >= 0.3 is 0 Å². The fourth-order valence-corrected chi connectivity index (χ4v) is 2.65. The van der Waals surface area contributed by atoms with Gasteiger partial charge in [0, 0.05) is 39.8 Å². The van der Waals surface area contributed by atoms with Crippen molar-refractivity contribution in [2.75, 3.05) is 31.1 Å². The van der Waals surface area contributed by atoms with E-state index in [0.717, 1.165) is 32.1 Å². The molecule has 1 aliphatic heterocycles. The standard InChI is InChI=1S/C13H17N7O/c1-3-20-10-11(16-9(8-14)18(2)12(10)21)17-13(20)19-6-4-15-5-7-19/h15H,3-7H2,1-2H3. The number of rotatable bonds is 2. The lowest BCUT2D eigenvalue weighted by molar-refractivity contribution is 0.569. The summed E-state index contributed by atoms with van der Waals surface area (Å²) in [5, 5.41) is 12.4. The second-order valence-electron chi connectivity index (χ2n) is 4.98. The van der Waals surface area contributed by atoms with Crippen molar-refractivity contribution in [2.24, 2.45) is 7.05 Å². The first-order valence-electron chi connectivity index (χ1n) is 7.00. The Hall–Kier alpha value is -2.40. The highest BCUT2D eigenvalue weighted by atomic mass is 16.1. The van der Waals surface area contributed by atoms with Crippen LogP contribution in [-0.4, -0.2) is 45.3 Å². The van der Waals surface area contributed by atoms with E-state index in [4.69, 9.17) is 5.26 Å². The van der Waals surface area contributed by atoms with Crippen molar-refractivity contribution in [3.63, 3.8) is 0 Å². The maximum Gasteiger partial charge on any atom is 0.280 e. The average molecular weight is 287 g/mol. The number of nitrogens with one attached hydrogen (secondary N) is 1. The number of piperazine rings is 1. The SMILES string of the molecule is CCn1c(N2CCNCC2)nc2nc(C#N)n(C)c(=O)c21. The molecule has 8 nitrogen and oxygen atoms in total. The summed E-state index contributed by atoms with van der Waals surface area (Å²) >= 11 is 0. The van der Waals surface area contributed by atoms with Crippen LogP contribution in [0.4, 0.5) is 5.95 Å². The molecule has 0 radical (unpaired) electrons. The van der Waals surface area contributed by atoms with Crippen molar-refractivity contribution in [1.82, 2.24) is 24.4 Å². The van der Waals surface area contributed by atoms with Crippen molar-refractivity contribution in [3.05, 3.63) is 16.2 Å². The van der Waals surface area contributed by atoms with Gasteiger partial charge in [0.2, 0.25) is 11.8 Å². The molecule has 0 amide bonds. The number of nitrogens with zero attached hydrogens (tertiary/aromatic N) is 6. The predicted octanol–water partition coefficient (Wildman–Crippen LogP) is -0.569. The summed E-state index contributed by atoms with van der Waals surface area (Å²) < 4.78 is 3.16. The molecule has 0 atom stereocenters. The van der Waals surface area contributed by atoms with E-state index < -0.39 is 0 Å². The molecular formula is C13H17N7O. The van der Waals surface area contributed by atoms with E-state index in [2.05, 4.69) is 20.2 Å². The molecule has 0 unspecified atom stereocenters. The number of hydrogen-bond acceptors (Lipinski definition) is 6. The smallest absolute Gasteiger partial charge is 0.280 e. The number of aromatic nitrogens is 4. The minimum absolute atomic E-state index is 0.0834. The molecule has 0 aliphatic carbocycles. The Bertz CT molecular complexity index is 776. The summed E-state index contributed by atoms with van der Waals surface area (Å²) in [6, 6.07) is 1.93. The molecule has 0 spiro atoms. The average Bonchev–Trinajstić information content (AvgIpc) is 2.90. The zero-order valence-electron chi connectivity index (χ0n) is 12.1. The van der Waals surface area contributed by atoms with Crippen LogP contribution in [0, 0.1) is 11.3 Å². The quantitative estimate of drug-likeness (QED) is 0.795. The van der Waals surface area contributed by atoms with Gasteiger partial charge in [0.05, 0.1) is 0 Å². The lowest BCUT2D eigenvalue weighted by Gasteiger charge is -2.28. The number of nitriles is 1. The molecule has 2 aromatic rings. The highest BCUT2D eigenvalue weighted by molar-refractivity contribution is 5.74. The lowest BCUT2D eigenvalue weighted by atomic mass is 10.4. The number of anilines is 1. The molecule has 3 heterocycles. The lowest BCUT2D eigenvalue weighted by Crippen LogP contribution is -2.44. The maximum atomic E-state index is 12.5. The number of fused-ring (bicyclic) bond motifs is 1. The molecule has 1 saturated heterocycles. The van der Waals surface area contributed by atoms with Gasteiger partial charge in [0.15, 0.2) is 11.2 Å². The minimum Gasteiger partial charge on any atom is -0.340 e. The molecule has 110 valence electrons. The van der Waals surface area contributed by atoms with Crippen LogP contribution in [0.5, 0.6) is 0 Å². The molecule has 0 saturated carbocycles. The van der Waals surface area contributed by atoms with Gasteiger partial charge in [-0.15, -0.1) is 0 Å². The highest BCUT2D eigenvalue weighted by Gasteiger charge is 2.22. The highest BCUT2D eigenvalue weighted by Crippen LogP contribution is 2.19. The Kier molecular flexibility index (Phi) is 3.35. The van der Waals surface area contributed by atoms with E-state index in [1.165, 1.54) is 4.57 Å². The normalized spacial score (nSPS) is 15.4. The third-order valence-electron chi connectivity index (χ3n) is 3.78. The van der Waals surface area contributed by atoms with Crippen LogP contribution in [0.1, 0.15) is 12.7 Å². The Labute approximate surface area is 121 Å². The summed E-state index contributed by atoms with van der Waals surface area (Å²) in [7, 11) is 1.56. The Morgan fingerprint density at radius 2 is 2.05 bits per heavy atom. The Morgan fingerprint density at radius 3 is 2.67 bits per heavy atom. The zero-order chi connectivity index (χ0) is 15.0. The van der Waals surface area contributed by atoms with E-state index in [0.29, 0.717) is 17.7 Å². The van der Waals surface area contributed by atoms with Crippen LogP contribution in [0.2, 0.25) is 0 Å². The van der Waals surface area contributed by atoms with Gasteiger partial charge in [0.1, 0.15) is 6.07 Å². The van der Waals surface area contributed by atoms with Gasteiger partial charge in [-0.2, -0.15) is 15.2 Å². The van der Waals surface area contributed by atoms with Crippen LogP contribution in [-0.2, 0) is 13.6 Å². The number of hydrogen-bond donors (Lipinski definition) is 1. The molecule has 1 fully saturated rings. The number of imidazole rings is 1. The van der Waals surface area contributed by atoms with Gasteiger partial charge in [-0.05, 0) is 6.92 Å². The van der Waals surface area contributed by atoms with Crippen LogP contribution < -0.4 is 15.8 Å². The fourth-order valence-electron chi connectivity index (χ4n) is 2.65. The van der Waals surface area contributed by atoms with Crippen LogP contribution >= 0.6 is 0 Å². The molecule has 3 rings (SSSR count). The van der Waals surface area contributed by atoms with E-state index in [1.54, 1.807) is 7.05 Å². The Balaban J connectivity index is 2.25. The molecule has 0 bridgehead atoms. The maximum absolute atomic E-state index is 12.5. The zero-order valence-corrected chi connectivity index (χ0v) is 12.1. The van der Waals surface area contributed by atoms with Crippen LogP contribution in [0.25, 0.3) is 11.2 Å². The van der Waals surface area contributed by atoms with Crippen molar-refractivity contribution in [3.8, 4) is 6.07 Å². The molecule has 1 aliphatic rings. The third-order valence-corrected chi connectivity index (χ3v) is 3.78. The fraction of sp³-hybridized carbons (Fsp3) is 0.538. The molecule has 0 aromatic carbocycles. The van der Waals surface area contributed by atoms with Crippen LogP contribution in [0.3, 0.4) is 0 Å². The van der Waals surface area contributed by atoms with Crippen molar-refractivity contribution in [2.45, 2.75) is 13.5 Å². The molecule has 21 heavy (non-hydrogen) atoms.